The standard InChI is InChI=1S/C19H17ClN6O/c1-12(27)24-16-9-6-14(5-2-13-3-7-15(20)8-4-13)17(10-16)25-26-18(11-21)19(22)23/h2-10,25H,1H3,(H3,22,23)(H,24,27)/b5-2?,26-18+. The van der Waals surface area contributed by atoms with Crippen LogP contribution < -0.4 is 16.5 Å². The van der Waals surface area contributed by atoms with E-state index >= 15 is 0 Å². The summed E-state index contributed by atoms with van der Waals surface area (Å²) < 4.78 is 0. The summed E-state index contributed by atoms with van der Waals surface area (Å²) in [6, 6.07) is 14.3. The van der Waals surface area contributed by atoms with Gasteiger partial charge in [-0.3, -0.25) is 15.6 Å². The van der Waals surface area contributed by atoms with E-state index in [1.807, 2.05) is 24.3 Å². The summed E-state index contributed by atoms with van der Waals surface area (Å²) in [6.07, 6.45) is 3.73. The molecule has 0 aliphatic carbocycles. The summed E-state index contributed by atoms with van der Waals surface area (Å²) >= 11 is 5.89. The van der Waals surface area contributed by atoms with E-state index in [2.05, 4.69) is 15.8 Å². The lowest BCUT2D eigenvalue weighted by Crippen LogP contribution is -2.22. The van der Waals surface area contributed by atoms with E-state index in [0.717, 1.165) is 11.1 Å². The van der Waals surface area contributed by atoms with E-state index in [0.29, 0.717) is 16.4 Å². The molecule has 0 saturated carbocycles. The van der Waals surface area contributed by atoms with Crippen molar-refractivity contribution in [2.75, 3.05) is 10.7 Å². The van der Waals surface area contributed by atoms with Gasteiger partial charge in [0.2, 0.25) is 11.6 Å². The second kappa shape index (κ2) is 9.17. The van der Waals surface area contributed by atoms with Crippen LogP contribution >= 0.6 is 11.6 Å². The maximum absolute atomic E-state index is 11.3. The fraction of sp³-hybridized carbons (Fsp3) is 0.0526. The van der Waals surface area contributed by atoms with E-state index in [9.17, 15) is 4.79 Å². The molecule has 0 radical (unpaired) electrons. The minimum atomic E-state index is -0.443. The second-order valence-corrected chi connectivity index (χ2v) is 5.90. The number of rotatable bonds is 6. The highest BCUT2D eigenvalue weighted by Crippen LogP contribution is 2.24. The van der Waals surface area contributed by atoms with Gasteiger partial charge in [-0.15, -0.1) is 0 Å². The van der Waals surface area contributed by atoms with Crippen molar-refractivity contribution in [1.82, 2.24) is 0 Å². The molecular weight excluding hydrogens is 364 g/mol. The zero-order valence-corrected chi connectivity index (χ0v) is 15.2. The molecule has 5 N–H and O–H groups in total. The Morgan fingerprint density at radius 1 is 1.26 bits per heavy atom. The molecule has 2 aromatic rings. The molecule has 0 atom stereocenters. The molecular formula is C19H17ClN6O. The number of hydrazone groups is 1. The Morgan fingerprint density at radius 3 is 2.56 bits per heavy atom. The van der Waals surface area contributed by atoms with Gasteiger partial charge in [0.15, 0.2) is 5.84 Å². The van der Waals surface area contributed by atoms with Crippen molar-refractivity contribution in [3.05, 3.63) is 58.6 Å². The normalized spacial score (nSPS) is 11.1. The van der Waals surface area contributed by atoms with Crippen LogP contribution in [0.2, 0.25) is 5.02 Å². The number of nitriles is 1. The summed E-state index contributed by atoms with van der Waals surface area (Å²) in [5.74, 6) is -0.656. The summed E-state index contributed by atoms with van der Waals surface area (Å²) in [7, 11) is 0. The van der Waals surface area contributed by atoms with E-state index in [1.54, 1.807) is 36.4 Å². The molecule has 0 heterocycles. The van der Waals surface area contributed by atoms with Gasteiger partial charge in [0.1, 0.15) is 6.07 Å². The molecule has 27 heavy (non-hydrogen) atoms. The number of carbonyl (C=O) groups excluding carboxylic acids is 1. The van der Waals surface area contributed by atoms with Crippen LogP contribution in [0.1, 0.15) is 18.1 Å². The highest BCUT2D eigenvalue weighted by Gasteiger charge is 2.05. The average molecular weight is 381 g/mol. The summed E-state index contributed by atoms with van der Waals surface area (Å²) in [6.45, 7) is 1.41. The van der Waals surface area contributed by atoms with Crippen molar-refractivity contribution in [2.24, 2.45) is 10.8 Å². The summed E-state index contributed by atoms with van der Waals surface area (Å²) in [5, 5.41) is 23.5. The maximum Gasteiger partial charge on any atom is 0.221 e. The third kappa shape index (κ3) is 5.99. The number of amides is 1. The highest BCUT2D eigenvalue weighted by atomic mass is 35.5. The van der Waals surface area contributed by atoms with Crippen LogP contribution in [0.25, 0.3) is 12.2 Å². The number of benzene rings is 2. The first-order valence-corrected chi connectivity index (χ1v) is 8.20. The van der Waals surface area contributed by atoms with Gasteiger partial charge >= 0.3 is 0 Å². The van der Waals surface area contributed by atoms with Crippen LogP contribution in [-0.2, 0) is 4.79 Å². The fourth-order valence-corrected chi connectivity index (χ4v) is 2.23. The van der Waals surface area contributed by atoms with Crippen molar-refractivity contribution in [1.29, 1.82) is 10.7 Å². The van der Waals surface area contributed by atoms with E-state index in [4.69, 9.17) is 28.0 Å². The number of hydrogen-bond donors (Lipinski definition) is 4. The SMILES string of the molecule is CC(=O)Nc1ccc(C=Cc2ccc(Cl)cc2)c(N/N=C(\C#N)C(=N)N)c1. The number of nitrogens with zero attached hydrogens (tertiary/aromatic N) is 2. The van der Waals surface area contributed by atoms with Crippen molar-refractivity contribution in [2.45, 2.75) is 6.92 Å². The quantitative estimate of drug-likeness (QED) is 0.263. The molecule has 0 aliphatic heterocycles. The number of nitrogens with one attached hydrogen (secondary N) is 3. The number of amidine groups is 1. The lowest BCUT2D eigenvalue weighted by atomic mass is 10.1. The molecule has 8 heteroatoms. The minimum absolute atomic E-state index is 0.213. The first-order valence-electron chi connectivity index (χ1n) is 7.82. The molecule has 2 rings (SSSR count). The Bertz CT molecular complexity index is 957. The van der Waals surface area contributed by atoms with Crippen molar-refractivity contribution in [3.8, 4) is 6.07 Å². The van der Waals surface area contributed by atoms with Crippen molar-refractivity contribution >= 4 is 52.6 Å². The molecule has 0 saturated heterocycles. The van der Waals surface area contributed by atoms with E-state index in [-0.39, 0.29) is 11.6 Å². The predicted octanol–water partition coefficient (Wildman–Crippen LogP) is 3.70. The zero-order valence-electron chi connectivity index (χ0n) is 14.5. The zero-order chi connectivity index (χ0) is 19.8. The van der Waals surface area contributed by atoms with Crippen LogP contribution in [-0.4, -0.2) is 17.5 Å². The largest absolute Gasteiger partial charge is 0.382 e. The number of carbonyl (C=O) groups is 1. The van der Waals surface area contributed by atoms with Crippen LogP contribution in [0.15, 0.2) is 47.6 Å². The highest BCUT2D eigenvalue weighted by molar-refractivity contribution is 6.45. The molecule has 0 aliphatic rings. The number of hydrogen-bond acceptors (Lipinski definition) is 5. The van der Waals surface area contributed by atoms with Gasteiger partial charge in [-0.1, -0.05) is 42.0 Å². The fourth-order valence-electron chi connectivity index (χ4n) is 2.10. The van der Waals surface area contributed by atoms with E-state index in [1.165, 1.54) is 6.92 Å². The topological polar surface area (TPSA) is 127 Å². The summed E-state index contributed by atoms with van der Waals surface area (Å²) in [4.78, 5) is 11.3. The average Bonchev–Trinajstić information content (AvgIpc) is 2.62. The van der Waals surface area contributed by atoms with Gasteiger partial charge in [0.25, 0.3) is 0 Å². The third-order valence-electron chi connectivity index (χ3n) is 3.35. The minimum Gasteiger partial charge on any atom is -0.382 e. The third-order valence-corrected chi connectivity index (χ3v) is 3.60. The lowest BCUT2D eigenvalue weighted by Gasteiger charge is -2.09. The smallest absolute Gasteiger partial charge is 0.221 e. The Morgan fingerprint density at radius 2 is 1.96 bits per heavy atom. The molecule has 0 fully saturated rings. The summed E-state index contributed by atoms with van der Waals surface area (Å²) in [5.41, 5.74) is 10.6. The van der Waals surface area contributed by atoms with Gasteiger partial charge in [-0.2, -0.15) is 10.4 Å². The van der Waals surface area contributed by atoms with Crippen LogP contribution in [0.5, 0.6) is 0 Å². The monoisotopic (exact) mass is 380 g/mol. The number of anilines is 2. The molecule has 7 nitrogen and oxygen atoms in total. The van der Waals surface area contributed by atoms with Gasteiger partial charge in [0.05, 0.1) is 5.69 Å². The molecule has 2 aromatic carbocycles. The van der Waals surface area contributed by atoms with E-state index < -0.39 is 5.84 Å². The van der Waals surface area contributed by atoms with Crippen LogP contribution in [0.3, 0.4) is 0 Å². The predicted molar refractivity (Wildman–Crippen MR) is 110 cm³/mol. The molecule has 0 spiro atoms. The second-order valence-electron chi connectivity index (χ2n) is 5.47. The first kappa shape index (κ1) is 19.7. The lowest BCUT2D eigenvalue weighted by molar-refractivity contribution is -0.114. The van der Waals surface area contributed by atoms with Gasteiger partial charge < -0.3 is 11.1 Å². The van der Waals surface area contributed by atoms with Gasteiger partial charge in [-0.25, -0.2) is 0 Å². The van der Waals surface area contributed by atoms with Gasteiger partial charge in [-0.05, 0) is 35.4 Å². The van der Waals surface area contributed by atoms with Crippen molar-refractivity contribution in [3.63, 3.8) is 0 Å². The Labute approximate surface area is 161 Å². The Balaban J connectivity index is 2.37. The number of nitrogens with two attached hydrogens (primary N) is 1. The Kier molecular flexibility index (Phi) is 6.69. The molecule has 0 unspecified atom stereocenters. The maximum atomic E-state index is 11.3. The molecule has 0 aromatic heterocycles. The van der Waals surface area contributed by atoms with Crippen LogP contribution in [0, 0.1) is 16.7 Å². The molecule has 136 valence electrons. The first-order chi connectivity index (χ1) is 12.9. The number of halogens is 1. The molecule has 1 amide bonds. The molecule has 0 bridgehead atoms. The Hall–Kier alpha value is -3.63. The van der Waals surface area contributed by atoms with Crippen LogP contribution in [0.4, 0.5) is 11.4 Å². The van der Waals surface area contributed by atoms with Gasteiger partial charge in [0, 0.05) is 17.6 Å². The van der Waals surface area contributed by atoms with Crippen molar-refractivity contribution < 1.29 is 4.79 Å².